The van der Waals surface area contributed by atoms with Crippen LogP contribution in [0.2, 0.25) is 0 Å². The van der Waals surface area contributed by atoms with Crippen LogP contribution in [-0.4, -0.2) is 150 Å². The molecule has 492 valence electrons. The van der Waals surface area contributed by atoms with Crippen LogP contribution >= 0.6 is 0 Å². The maximum atomic E-state index is 14.5. The van der Waals surface area contributed by atoms with Gasteiger partial charge in [-0.25, -0.2) is 0 Å². The molecule has 0 aliphatic carbocycles. The quantitative estimate of drug-likeness (QED) is 0.0232. The number of unbranched alkanes of at least 4 members (excludes halogenated alkanes) is 6. The Morgan fingerprint density at radius 2 is 0.678 bits per heavy atom. The van der Waals surface area contributed by atoms with Crippen LogP contribution in [0.4, 0.5) is 0 Å². The van der Waals surface area contributed by atoms with Crippen LogP contribution in [0.25, 0.3) is 0 Å². The van der Waals surface area contributed by atoms with Crippen LogP contribution in [0.1, 0.15) is 188 Å². The number of aliphatic imine (C=N–C) groups is 2. The van der Waals surface area contributed by atoms with Crippen molar-refractivity contribution in [3.8, 4) is 5.75 Å². The summed E-state index contributed by atoms with van der Waals surface area (Å²) < 4.78 is 0. The fourth-order valence-electron chi connectivity index (χ4n) is 9.02. The summed E-state index contributed by atoms with van der Waals surface area (Å²) in [6.07, 6.45) is 8.95. The van der Waals surface area contributed by atoms with Gasteiger partial charge >= 0.3 is 0 Å². The summed E-state index contributed by atoms with van der Waals surface area (Å²) in [7, 11) is 0. The summed E-state index contributed by atoms with van der Waals surface area (Å²) in [4.78, 5) is 146. The number of nitrogens with one attached hydrogen (secondary N) is 9. The van der Waals surface area contributed by atoms with E-state index in [0.717, 1.165) is 0 Å². The number of nitrogens with zero attached hydrogens (tertiary/aromatic N) is 2. The smallest absolute Gasteiger partial charge is 0.243 e. The summed E-state index contributed by atoms with van der Waals surface area (Å²) in [5, 5.41) is 34.1. The van der Waals surface area contributed by atoms with Crippen LogP contribution < -0.4 is 82.3 Å². The van der Waals surface area contributed by atoms with E-state index in [1.165, 1.54) is 12.1 Å². The SMILES string of the molecule is CCCC[C@@H](NC(=O)[C@H](N)CCCN=C(N)N)C(=O)N[C@H](CCCC)C(=O)N[C@H](CCCC)C(=O)N[C@H](CCCN=C(N)N)C(=O)N[C@H](CCCC)C(=O)N[C@H](CCCC)C(=O)N[C@H](CCCC)C(=O)NCC(=O)N[C@H](Cc1ccc(O)cc1)C(N)=O. The molecule has 87 heavy (non-hydrogen) atoms. The van der Waals surface area contributed by atoms with Crippen molar-refractivity contribution in [3.05, 3.63) is 29.8 Å². The molecule has 28 heteroatoms. The van der Waals surface area contributed by atoms with Gasteiger partial charge in [-0.2, -0.15) is 0 Å². The van der Waals surface area contributed by atoms with Gasteiger partial charge in [0.2, 0.25) is 59.1 Å². The lowest BCUT2D eigenvalue weighted by Crippen LogP contribution is -2.60. The first-order chi connectivity index (χ1) is 41.4. The summed E-state index contributed by atoms with van der Waals surface area (Å²) in [5.74, 6) is -7.16. The first kappa shape index (κ1) is 77.2. The van der Waals surface area contributed by atoms with Gasteiger partial charge in [-0.05, 0) is 81.9 Å². The summed E-state index contributed by atoms with van der Waals surface area (Å²) in [5.41, 5.74) is 34.3. The Morgan fingerprint density at radius 3 is 0.977 bits per heavy atom. The van der Waals surface area contributed by atoms with Gasteiger partial charge in [0, 0.05) is 19.5 Å². The van der Waals surface area contributed by atoms with Gasteiger partial charge in [0.25, 0.3) is 0 Å². The Morgan fingerprint density at radius 1 is 0.391 bits per heavy atom. The number of benzene rings is 1. The van der Waals surface area contributed by atoms with E-state index < -0.39 is 120 Å². The minimum absolute atomic E-state index is 0.0131. The maximum absolute atomic E-state index is 14.5. The highest BCUT2D eigenvalue weighted by Crippen LogP contribution is 2.14. The molecular formula is C59H105N17O11. The zero-order valence-corrected chi connectivity index (χ0v) is 52.3. The van der Waals surface area contributed by atoms with Gasteiger partial charge in [-0.3, -0.25) is 57.9 Å². The lowest BCUT2D eigenvalue weighted by atomic mass is 10.0. The van der Waals surface area contributed by atoms with E-state index in [1.54, 1.807) is 12.1 Å². The molecule has 0 saturated heterocycles. The van der Waals surface area contributed by atoms with E-state index in [9.17, 15) is 53.1 Å². The Labute approximate surface area is 513 Å². The molecule has 28 nitrogen and oxygen atoms in total. The second-order valence-corrected chi connectivity index (χ2v) is 21.9. The average Bonchev–Trinajstić information content (AvgIpc) is 3.60. The van der Waals surface area contributed by atoms with Crippen molar-refractivity contribution < 1.29 is 53.1 Å². The molecule has 22 N–H and O–H groups in total. The van der Waals surface area contributed by atoms with Gasteiger partial charge in [-0.15, -0.1) is 0 Å². The van der Waals surface area contributed by atoms with E-state index in [0.29, 0.717) is 89.0 Å². The number of aromatic hydroxyl groups is 1. The van der Waals surface area contributed by atoms with Crippen molar-refractivity contribution in [1.29, 1.82) is 0 Å². The number of phenols is 1. The monoisotopic (exact) mass is 1230 g/mol. The Balaban J connectivity index is 3.45. The molecule has 0 aliphatic rings. The first-order valence-electron chi connectivity index (χ1n) is 31.1. The molecule has 1 rings (SSSR count). The second-order valence-electron chi connectivity index (χ2n) is 21.9. The number of nitrogens with two attached hydrogens (primary N) is 6. The third-order valence-corrected chi connectivity index (χ3v) is 14.2. The zero-order valence-electron chi connectivity index (χ0n) is 52.3. The topological polar surface area (TPSA) is 480 Å². The van der Waals surface area contributed by atoms with Gasteiger partial charge in [0.05, 0.1) is 12.6 Å². The molecule has 1 aromatic rings. The third kappa shape index (κ3) is 33.1. The van der Waals surface area contributed by atoms with Gasteiger partial charge in [-0.1, -0.05) is 131 Å². The molecule has 0 aliphatic heterocycles. The normalized spacial score (nSPS) is 14.1. The number of amides is 10. The average molecular weight is 1230 g/mol. The van der Waals surface area contributed by atoms with Gasteiger partial charge in [0.15, 0.2) is 11.9 Å². The zero-order chi connectivity index (χ0) is 65.3. The Hall–Kier alpha value is -7.78. The van der Waals surface area contributed by atoms with Crippen LogP contribution in [0.5, 0.6) is 5.75 Å². The van der Waals surface area contributed by atoms with Crippen molar-refractivity contribution in [3.63, 3.8) is 0 Å². The number of primary amides is 1. The maximum Gasteiger partial charge on any atom is 0.243 e. The van der Waals surface area contributed by atoms with Crippen molar-refractivity contribution in [1.82, 2.24) is 47.9 Å². The molecule has 9 atom stereocenters. The van der Waals surface area contributed by atoms with Crippen LogP contribution in [0, 0.1) is 0 Å². The molecule has 0 saturated carbocycles. The van der Waals surface area contributed by atoms with E-state index in [1.807, 2.05) is 41.5 Å². The lowest BCUT2D eigenvalue weighted by molar-refractivity contribution is -0.136. The standard InChI is InChI=1S/C59H105N17O11/c1-7-13-22-40(51(81)68-36-48(78)69-47(49(61)79)35-37-29-31-38(77)32-30-37)71-53(83)42(24-15-9-3)73-55(85)44(26-17-11-5)75-57(87)46(28-20-34-67-59(64)65)76-56(86)45(27-18-12-6)74-54(84)43(25-16-10-4)72-52(82)41(23-14-8-2)70-50(80)39(60)21-19-33-66-58(62)63/h29-32,39-47,77H,7-28,33-36,60H2,1-6H3,(H2,61,79)(H,68,81)(H,69,78)(H,70,80)(H,71,83)(H,72,82)(H,73,85)(H,74,84)(H,75,87)(H,76,86)(H4,62,63,66)(H4,64,65,67)/t39-,40-,41-,42-,43-,44-,45-,46-,47-/m1/s1. The number of hydrogen-bond donors (Lipinski definition) is 16. The van der Waals surface area contributed by atoms with Crippen molar-refractivity contribution in [2.24, 2.45) is 44.4 Å². The van der Waals surface area contributed by atoms with E-state index in [-0.39, 0.29) is 95.0 Å². The second kappa shape index (κ2) is 44.6. The molecular weight excluding hydrogens is 1120 g/mol. The molecule has 0 spiro atoms. The minimum atomic E-state index is -1.29. The number of guanidine groups is 2. The van der Waals surface area contributed by atoms with Gasteiger partial charge in [0.1, 0.15) is 54.1 Å². The molecule has 0 unspecified atom stereocenters. The number of carbonyl (C=O) groups excluding carboxylic acids is 10. The third-order valence-electron chi connectivity index (χ3n) is 14.2. The number of rotatable bonds is 47. The summed E-state index contributed by atoms with van der Waals surface area (Å²) >= 11 is 0. The molecule has 0 fully saturated rings. The summed E-state index contributed by atoms with van der Waals surface area (Å²) in [6, 6.07) is -4.22. The lowest BCUT2D eigenvalue weighted by Gasteiger charge is -2.28. The number of carbonyl (C=O) groups is 10. The first-order valence-corrected chi connectivity index (χ1v) is 31.1. The number of hydrogen-bond acceptors (Lipinski definition) is 14. The van der Waals surface area contributed by atoms with Crippen LogP contribution in [-0.2, 0) is 54.4 Å². The molecule has 1 aromatic carbocycles. The molecule has 10 amide bonds. The van der Waals surface area contributed by atoms with E-state index in [2.05, 4.69) is 57.8 Å². The fraction of sp³-hybridized carbons (Fsp3) is 0.695. The molecule has 0 aromatic heterocycles. The van der Waals surface area contributed by atoms with Crippen LogP contribution in [0.15, 0.2) is 34.3 Å². The minimum Gasteiger partial charge on any atom is -0.508 e. The number of phenolic OH excluding ortho intramolecular Hbond substituents is 1. The van der Waals surface area contributed by atoms with Crippen molar-refractivity contribution in [2.75, 3.05) is 19.6 Å². The largest absolute Gasteiger partial charge is 0.508 e. The summed E-state index contributed by atoms with van der Waals surface area (Å²) in [6.45, 7) is 11.2. The highest BCUT2D eigenvalue weighted by atomic mass is 16.3. The molecule has 0 heterocycles. The van der Waals surface area contributed by atoms with Gasteiger partial charge < -0.3 is 87.4 Å². The Bertz CT molecular complexity index is 2350. The Kier molecular flexibility index (Phi) is 39.6. The highest BCUT2D eigenvalue weighted by molar-refractivity contribution is 5.98. The van der Waals surface area contributed by atoms with E-state index >= 15 is 0 Å². The van der Waals surface area contributed by atoms with E-state index in [4.69, 9.17) is 34.4 Å². The van der Waals surface area contributed by atoms with Crippen LogP contribution in [0.3, 0.4) is 0 Å². The van der Waals surface area contributed by atoms with Crippen molar-refractivity contribution in [2.45, 2.75) is 244 Å². The predicted molar refractivity (Wildman–Crippen MR) is 334 cm³/mol. The fourth-order valence-corrected chi connectivity index (χ4v) is 9.02. The highest BCUT2D eigenvalue weighted by Gasteiger charge is 2.34. The predicted octanol–water partition coefficient (Wildman–Crippen LogP) is -0.00970. The molecule has 0 radical (unpaired) electrons. The molecule has 0 bridgehead atoms. The van der Waals surface area contributed by atoms with Crippen molar-refractivity contribution >= 4 is 71.0 Å².